The molecule has 0 bridgehead atoms. The van der Waals surface area contributed by atoms with Gasteiger partial charge < -0.3 is 14.6 Å². The molecule has 2 amide bonds. The standard InChI is InChI=1S/C22H20ClNO6S/c1-3-16(21(26)27)30-17-10-5-13(11-18(17)29-4-2)12-19-20(25)24(22(28)31-19)15-8-6-14(23)7-9-15/h5-12,16H,3-4H2,1-2H3,(H,26,27)/b19-12+. The number of thioether (sulfide) groups is 1. The van der Waals surface area contributed by atoms with Crippen molar-refractivity contribution in [2.75, 3.05) is 11.5 Å². The maximum absolute atomic E-state index is 12.8. The van der Waals surface area contributed by atoms with E-state index in [1.54, 1.807) is 62.4 Å². The molecule has 0 radical (unpaired) electrons. The van der Waals surface area contributed by atoms with Crippen LogP contribution >= 0.6 is 23.4 Å². The molecule has 0 aromatic heterocycles. The number of halogens is 1. The van der Waals surface area contributed by atoms with Crippen molar-refractivity contribution in [2.24, 2.45) is 0 Å². The quantitative estimate of drug-likeness (QED) is 0.538. The van der Waals surface area contributed by atoms with Gasteiger partial charge in [0, 0.05) is 5.02 Å². The molecule has 1 fully saturated rings. The number of rotatable bonds is 8. The highest BCUT2D eigenvalue weighted by atomic mass is 35.5. The zero-order valence-electron chi connectivity index (χ0n) is 16.8. The largest absolute Gasteiger partial charge is 0.490 e. The minimum Gasteiger partial charge on any atom is -0.490 e. The first-order valence-electron chi connectivity index (χ1n) is 9.53. The molecule has 1 aliphatic rings. The first-order valence-corrected chi connectivity index (χ1v) is 10.7. The number of hydrogen-bond donors (Lipinski definition) is 1. The van der Waals surface area contributed by atoms with E-state index in [4.69, 9.17) is 21.1 Å². The summed E-state index contributed by atoms with van der Waals surface area (Å²) in [4.78, 5) is 37.8. The maximum Gasteiger partial charge on any atom is 0.344 e. The summed E-state index contributed by atoms with van der Waals surface area (Å²) < 4.78 is 11.2. The van der Waals surface area contributed by atoms with Gasteiger partial charge in [0.2, 0.25) is 0 Å². The van der Waals surface area contributed by atoms with E-state index in [1.807, 2.05) is 0 Å². The molecule has 1 heterocycles. The van der Waals surface area contributed by atoms with E-state index < -0.39 is 23.2 Å². The van der Waals surface area contributed by atoms with E-state index in [2.05, 4.69) is 0 Å². The molecule has 1 unspecified atom stereocenters. The number of benzene rings is 2. The van der Waals surface area contributed by atoms with Crippen LogP contribution in [0.2, 0.25) is 5.02 Å². The van der Waals surface area contributed by atoms with Crippen LogP contribution in [-0.2, 0) is 9.59 Å². The van der Waals surface area contributed by atoms with Crippen LogP contribution in [0, 0.1) is 0 Å². The van der Waals surface area contributed by atoms with Gasteiger partial charge in [-0.2, -0.15) is 0 Å². The van der Waals surface area contributed by atoms with E-state index in [1.165, 1.54) is 0 Å². The average Bonchev–Trinajstić information content (AvgIpc) is 3.01. The van der Waals surface area contributed by atoms with Gasteiger partial charge in [0.15, 0.2) is 17.6 Å². The van der Waals surface area contributed by atoms with E-state index >= 15 is 0 Å². The van der Waals surface area contributed by atoms with Gasteiger partial charge in [-0.15, -0.1) is 0 Å². The van der Waals surface area contributed by atoms with Crippen LogP contribution in [0.4, 0.5) is 10.5 Å². The Bertz CT molecular complexity index is 1040. The van der Waals surface area contributed by atoms with Crippen LogP contribution < -0.4 is 14.4 Å². The van der Waals surface area contributed by atoms with Crippen LogP contribution in [0.3, 0.4) is 0 Å². The monoisotopic (exact) mass is 461 g/mol. The van der Waals surface area contributed by atoms with Gasteiger partial charge in [0.1, 0.15) is 0 Å². The van der Waals surface area contributed by atoms with E-state index in [0.29, 0.717) is 40.8 Å². The molecule has 162 valence electrons. The van der Waals surface area contributed by atoms with Crippen LogP contribution in [0.15, 0.2) is 47.4 Å². The second-order valence-electron chi connectivity index (χ2n) is 6.49. The number of carbonyl (C=O) groups is 3. The lowest BCUT2D eigenvalue weighted by molar-refractivity contribution is -0.145. The van der Waals surface area contributed by atoms with Crippen molar-refractivity contribution in [1.29, 1.82) is 0 Å². The molecule has 0 aliphatic carbocycles. The Morgan fingerprint density at radius 1 is 1.16 bits per heavy atom. The number of hydrogen-bond acceptors (Lipinski definition) is 6. The van der Waals surface area contributed by atoms with Gasteiger partial charge in [0.25, 0.3) is 11.1 Å². The van der Waals surface area contributed by atoms with Crippen molar-refractivity contribution in [3.8, 4) is 11.5 Å². The van der Waals surface area contributed by atoms with Crippen LogP contribution in [-0.4, -0.2) is 34.9 Å². The van der Waals surface area contributed by atoms with Crippen molar-refractivity contribution in [2.45, 2.75) is 26.4 Å². The van der Waals surface area contributed by atoms with Crippen molar-refractivity contribution >= 4 is 52.2 Å². The molecule has 31 heavy (non-hydrogen) atoms. The lowest BCUT2D eigenvalue weighted by Crippen LogP contribution is -2.27. The van der Waals surface area contributed by atoms with Gasteiger partial charge in [0.05, 0.1) is 17.2 Å². The molecule has 0 saturated carbocycles. The highest BCUT2D eigenvalue weighted by molar-refractivity contribution is 8.19. The summed E-state index contributed by atoms with van der Waals surface area (Å²) in [5.41, 5.74) is 1.05. The molecule has 1 atom stereocenters. The van der Waals surface area contributed by atoms with Gasteiger partial charge in [-0.25, -0.2) is 9.69 Å². The molecular weight excluding hydrogens is 442 g/mol. The van der Waals surface area contributed by atoms with Crippen molar-refractivity contribution in [3.63, 3.8) is 0 Å². The second-order valence-corrected chi connectivity index (χ2v) is 7.92. The molecule has 0 spiro atoms. The summed E-state index contributed by atoms with van der Waals surface area (Å²) >= 11 is 6.71. The normalized spacial score (nSPS) is 16.0. The number of carboxylic acid groups (broad SMARTS) is 1. The molecular formula is C22H20ClNO6S. The number of aliphatic carboxylic acids is 1. The summed E-state index contributed by atoms with van der Waals surface area (Å²) in [7, 11) is 0. The smallest absolute Gasteiger partial charge is 0.344 e. The summed E-state index contributed by atoms with van der Waals surface area (Å²) in [6, 6.07) is 11.3. The first kappa shape index (κ1) is 22.7. The Hall–Kier alpha value is -2.97. The molecule has 2 aromatic rings. The zero-order valence-corrected chi connectivity index (χ0v) is 18.4. The number of carbonyl (C=O) groups excluding carboxylic acids is 2. The Kier molecular flexibility index (Phi) is 7.25. The number of amides is 2. The van der Waals surface area contributed by atoms with E-state index in [-0.39, 0.29) is 4.91 Å². The van der Waals surface area contributed by atoms with Crippen LogP contribution in [0.25, 0.3) is 6.08 Å². The molecule has 2 aromatic carbocycles. The third-order valence-electron chi connectivity index (χ3n) is 4.36. The van der Waals surface area contributed by atoms with E-state index in [0.717, 1.165) is 16.7 Å². The van der Waals surface area contributed by atoms with E-state index in [9.17, 15) is 19.5 Å². The maximum atomic E-state index is 12.8. The molecule has 1 aliphatic heterocycles. The molecule has 1 saturated heterocycles. The van der Waals surface area contributed by atoms with Crippen molar-refractivity contribution in [1.82, 2.24) is 0 Å². The SMILES string of the molecule is CCOc1cc(/C=C2/SC(=O)N(c3ccc(Cl)cc3)C2=O)ccc1OC(CC)C(=O)O. The number of carboxylic acids is 1. The van der Waals surface area contributed by atoms with Crippen molar-refractivity contribution < 1.29 is 29.0 Å². The topological polar surface area (TPSA) is 93.1 Å². The highest BCUT2D eigenvalue weighted by Gasteiger charge is 2.36. The van der Waals surface area contributed by atoms with Gasteiger partial charge in [-0.3, -0.25) is 9.59 Å². The second kappa shape index (κ2) is 9.89. The fraction of sp³-hybridized carbons (Fsp3) is 0.227. The minimum absolute atomic E-state index is 0.257. The molecule has 9 heteroatoms. The highest BCUT2D eigenvalue weighted by Crippen LogP contribution is 2.37. The van der Waals surface area contributed by atoms with Crippen LogP contribution in [0.5, 0.6) is 11.5 Å². The number of nitrogens with zero attached hydrogens (tertiary/aromatic N) is 1. The molecule has 3 rings (SSSR count). The fourth-order valence-corrected chi connectivity index (χ4v) is 3.84. The lowest BCUT2D eigenvalue weighted by atomic mass is 10.1. The average molecular weight is 462 g/mol. The Balaban J connectivity index is 1.88. The van der Waals surface area contributed by atoms with Gasteiger partial charge in [-0.05, 0) is 73.1 Å². The van der Waals surface area contributed by atoms with Gasteiger partial charge >= 0.3 is 5.97 Å². The number of imide groups is 1. The van der Waals surface area contributed by atoms with Crippen LogP contribution in [0.1, 0.15) is 25.8 Å². The predicted octanol–water partition coefficient (Wildman–Crippen LogP) is 5.22. The Morgan fingerprint density at radius 3 is 2.48 bits per heavy atom. The van der Waals surface area contributed by atoms with Crippen molar-refractivity contribution in [3.05, 3.63) is 58.0 Å². The fourth-order valence-electron chi connectivity index (χ4n) is 2.87. The molecule has 7 nitrogen and oxygen atoms in total. The Morgan fingerprint density at radius 2 is 1.87 bits per heavy atom. The number of anilines is 1. The number of ether oxygens (including phenoxy) is 2. The third-order valence-corrected chi connectivity index (χ3v) is 5.48. The summed E-state index contributed by atoms with van der Waals surface area (Å²) in [5.74, 6) is -0.854. The third kappa shape index (κ3) is 5.21. The first-order chi connectivity index (χ1) is 14.8. The molecule has 1 N–H and O–H groups in total. The minimum atomic E-state index is -1.06. The zero-order chi connectivity index (χ0) is 22.5. The summed E-state index contributed by atoms with van der Waals surface area (Å²) in [6.07, 6.45) is 0.878. The Labute approximate surface area is 188 Å². The summed E-state index contributed by atoms with van der Waals surface area (Å²) in [6.45, 7) is 3.85. The lowest BCUT2D eigenvalue weighted by Gasteiger charge is -2.17. The summed E-state index contributed by atoms with van der Waals surface area (Å²) in [5, 5.41) is 9.33. The van der Waals surface area contributed by atoms with Gasteiger partial charge in [-0.1, -0.05) is 24.6 Å². The predicted molar refractivity (Wildman–Crippen MR) is 120 cm³/mol.